The first-order chi connectivity index (χ1) is 8.28. The predicted octanol–water partition coefficient (Wildman–Crippen LogP) is 0.240. The number of carboxylic acids is 1. The summed E-state index contributed by atoms with van der Waals surface area (Å²) in [6.45, 7) is -0.431. The van der Waals surface area contributed by atoms with E-state index in [0.717, 1.165) is 28.8 Å². The van der Waals surface area contributed by atoms with Crippen LogP contribution in [0.3, 0.4) is 0 Å². The van der Waals surface area contributed by atoms with E-state index in [2.05, 4.69) is 4.74 Å². The summed E-state index contributed by atoms with van der Waals surface area (Å²) in [4.78, 5) is 21.7. The number of methoxy groups -OCH3 is 1. The molecule has 0 fully saturated rings. The molecule has 1 aromatic rings. The summed E-state index contributed by atoms with van der Waals surface area (Å²) in [5, 5.41) is 9.93. The highest BCUT2D eigenvalue weighted by atomic mass is 32.2. The van der Waals surface area contributed by atoms with Crippen LogP contribution < -0.4 is 0 Å². The number of carbonyl (C=O) groups excluding carboxylic acids is 1. The quantitative estimate of drug-likeness (QED) is 0.780. The van der Waals surface area contributed by atoms with E-state index in [0.29, 0.717) is 0 Å². The first-order valence-electron chi connectivity index (χ1n) is 4.64. The van der Waals surface area contributed by atoms with Crippen LogP contribution in [0.15, 0.2) is 15.7 Å². The summed E-state index contributed by atoms with van der Waals surface area (Å²) < 4.78 is 28.9. The molecule has 0 aromatic carbocycles. The van der Waals surface area contributed by atoms with Gasteiger partial charge in [-0.1, -0.05) is 0 Å². The molecular weight excluding hydrogens is 282 g/mol. The Balaban J connectivity index is 2.98. The fraction of sp³-hybridized carbons (Fsp3) is 0.333. The largest absolute Gasteiger partial charge is 0.478 e. The maximum absolute atomic E-state index is 12.0. The van der Waals surface area contributed by atoms with Crippen LogP contribution >= 0.6 is 11.3 Å². The van der Waals surface area contributed by atoms with E-state index in [1.165, 1.54) is 12.4 Å². The third kappa shape index (κ3) is 3.06. The molecule has 0 saturated heterocycles. The molecule has 0 amide bonds. The number of carboxylic acid groups (broad SMARTS) is 1. The number of aromatic carboxylic acids is 1. The van der Waals surface area contributed by atoms with Gasteiger partial charge in [0.25, 0.3) is 10.0 Å². The highest BCUT2D eigenvalue weighted by Gasteiger charge is 2.25. The number of ether oxygens (including phenoxy) is 1. The molecule has 1 aromatic heterocycles. The standard InChI is InChI=1S/C9H11NO6S2/c1-10(4-7(11)16-2)18(14,15)8-3-6(5-17-8)9(12)13/h3,5H,4H2,1-2H3,(H,12,13). The van der Waals surface area contributed by atoms with Crippen molar-refractivity contribution in [2.75, 3.05) is 20.7 Å². The van der Waals surface area contributed by atoms with E-state index in [9.17, 15) is 18.0 Å². The molecule has 0 atom stereocenters. The second-order valence-corrected chi connectivity index (χ2v) is 6.48. The number of sulfonamides is 1. The van der Waals surface area contributed by atoms with Crippen molar-refractivity contribution in [2.45, 2.75) is 4.21 Å². The zero-order valence-electron chi connectivity index (χ0n) is 9.61. The highest BCUT2D eigenvalue weighted by Crippen LogP contribution is 2.23. The number of nitrogens with zero attached hydrogens (tertiary/aromatic N) is 1. The smallest absolute Gasteiger partial charge is 0.336 e. The maximum Gasteiger partial charge on any atom is 0.336 e. The minimum atomic E-state index is -3.87. The Bertz CT molecular complexity index is 561. The van der Waals surface area contributed by atoms with E-state index in [-0.39, 0.29) is 9.77 Å². The lowest BCUT2D eigenvalue weighted by atomic mass is 10.4. The molecule has 0 bridgehead atoms. The van der Waals surface area contributed by atoms with Gasteiger partial charge in [-0.3, -0.25) is 4.79 Å². The fourth-order valence-electron chi connectivity index (χ4n) is 1.05. The third-order valence-electron chi connectivity index (χ3n) is 2.07. The van der Waals surface area contributed by atoms with Crippen molar-refractivity contribution in [3.05, 3.63) is 17.0 Å². The Morgan fingerprint density at radius 1 is 1.50 bits per heavy atom. The SMILES string of the molecule is COC(=O)CN(C)S(=O)(=O)c1cc(C(=O)O)cs1. The van der Waals surface area contributed by atoms with Crippen LogP contribution in [0, 0.1) is 0 Å². The van der Waals surface area contributed by atoms with Gasteiger partial charge in [0, 0.05) is 12.4 Å². The normalized spacial score (nSPS) is 11.5. The van der Waals surface area contributed by atoms with Gasteiger partial charge in [-0.2, -0.15) is 4.31 Å². The van der Waals surface area contributed by atoms with Crippen molar-refractivity contribution in [3.63, 3.8) is 0 Å². The molecule has 0 aliphatic rings. The molecule has 100 valence electrons. The predicted molar refractivity (Wildman–Crippen MR) is 63.1 cm³/mol. The molecule has 18 heavy (non-hydrogen) atoms. The summed E-state index contributed by atoms with van der Waals surface area (Å²) >= 11 is 0.785. The van der Waals surface area contributed by atoms with E-state index in [1.54, 1.807) is 0 Å². The Labute approximate surface area is 108 Å². The zero-order valence-corrected chi connectivity index (χ0v) is 11.2. The van der Waals surface area contributed by atoms with Crippen molar-refractivity contribution in [3.8, 4) is 0 Å². The van der Waals surface area contributed by atoms with Crippen molar-refractivity contribution >= 4 is 33.3 Å². The van der Waals surface area contributed by atoms with Gasteiger partial charge in [-0.25, -0.2) is 13.2 Å². The summed E-state index contributed by atoms with van der Waals surface area (Å²) in [5.41, 5.74) is -0.106. The van der Waals surface area contributed by atoms with Gasteiger partial charge in [-0.05, 0) is 6.07 Å². The lowest BCUT2D eigenvalue weighted by Crippen LogP contribution is -2.32. The number of rotatable bonds is 5. The van der Waals surface area contributed by atoms with Crippen molar-refractivity contribution in [1.29, 1.82) is 0 Å². The highest BCUT2D eigenvalue weighted by molar-refractivity contribution is 7.91. The average molecular weight is 293 g/mol. The summed E-state index contributed by atoms with van der Waals surface area (Å²) in [5.74, 6) is -1.90. The molecule has 1 rings (SSSR count). The maximum atomic E-state index is 12.0. The van der Waals surface area contributed by atoms with Gasteiger partial charge in [-0.15, -0.1) is 11.3 Å². The van der Waals surface area contributed by atoms with Crippen molar-refractivity contribution < 1.29 is 27.9 Å². The molecule has 0 unspecified atom stereocenters. The molecule has 1 N–H and O–H groups in total. The van der Waals surface area contributed by atoms with E-state index >= 15 is 0 Å². The van der Waals surface area contributed by atoms with Crippen LogP contribution in [0.4, 0.5) is 0 Å². The van der Waals surface area contributed by atoms with E-state index in [4.69, 9.17) is 5.11 Å². The van der Waals surface area contributed by atoms with Gasteiger partial charge in [0.1, 0.15) is 10.8 Å². The molecule has 0 aliphatic carbocycles. The van der Waals surface area contributed by atoms with Gasteiger partial charge in [0.05, 0.1) is 12.7 Å². The van der Waals surface area contributed by atoms with Crippen LogP contribution in [-0.4, -0.2) is 50.5 Å². The molecule has 0 aliphatic heterocycles. The van der Waals surface area contributed by atoms with Gasteiger partial charge >= 0.3 is 11.9 Å². The number of thiophene rings is 1. The number of likely N-dealkylation sites (N-methyl/N-ethyl adjacent to an activating group) is 1. The molecule has 7 nitrogen and oxygen atoms in total. The minimum Gasteiger partial charge on any atom is -0.478 e. The van der Waals surface area contributed by atoms with Crippen molar-refractivity contribution in [2.24, 2.45) is 0 Å². The first kappa shape index (κ1) is 14.6. The first-order valence-corrected chi connectivity index (χ1v) is 6.96. The van der Waals surface area contributed by atoms with Crippen molar-refractivity contribution in [1.82, 2.24) is 4.31 Å². The Kier molecular flexibility index (Phi) is 4.43. The van der Waals surface area contributed by atoms with Gasteiger partial charge < -0.3 is 9.84 Å². The fourth-order valence-corrected chi connectivity index (χ4v) is 3.53. The molecule has 9 heteroatoms. The molecular formula is C9H11NO6S2. The molecule has 0 saturated carbocycles. The van der Waals surface area contributed by atoms with Crippen LogP contribution in [0.2, 0.25) is 0 Å². The second kappa shape index (κ2) is 5.46. The Hall–Kier alpha value is -1.45. The molecule has 1 heterocycles. The van der Waals surface area contributed by atoms with E-state index < -0.39 is 28.5 Å². The van der Waals surface area contributed by atoms with Crippen LogP contribution in [0.5, 0.6) is 0 Å². The number of hydrogen-bond acceptors (Lipinski definition) is 6. The second-order valence-electron chi connectivity index (χ2n) is 3.30. The number of carbonyl (C=O) groups is 2. The number of esters is 1. The van der Waals surface area contributed by atoms with Crippen LogP contribution in [0.1, 0.15) is 10.4 Å². The summed E-state index contributed by atoms with van der Waals surface area (Å²) in [6.07, 6.45) is 0. The lowest BCUT2D eigenvalue weighted by molar-refractivity contribution is -0.140. The zero-order chi connectivity index (χ0) is 13.9. The summed E-state index contributed by atoms with van der Waals surface area (Å²) in [7, 11) is -1.51. The Morgan fingerprint density at radius 3 is 2.56 bits per heavy atom. The Morgan fingerprint density at radius 2 is 2.11 bits per heavy atom. The van der Waals surface area contributed by atoms with Gasteiger partial charge in [0.2, 0.25) is 0 Å². The molecule has 0 spiro atoms. The average Bonchev–Trinajstić information content (AvgIpc) is 2.78. The molecule has 0 radical (unpaired) electrons. The summed E-state index contributed by atoms with van der Waals surface area (Å²) in [6, 6.07) is 1.05. The topological polar surface area (TPSA) is 101 Å². The number of hydrogen-bond donors (Lipinski definition) is 1. The monoisotopic (exact) mass is 293 g/mol. The van der Waals surface area contributed by atoms with Crippen LogP contribution in [0.25, 0.3) is 0 Å². The lowest BCUT2D eigenvalue weighted by Gasteiger charge is -2.13. The third-order valence-corrected chi connectivity index (χ3v) is 5.28. The van der Waals surface area contributed by atoms with E-state index in [1.807, 2.05) is 0 Å². The minimum absolute atomic E-state index is 0.106. The van der Waals surface area contributed by atoms with Crippen LogP contribution in [-0.2, 0) is 19.6 Å². The van der Waals surface area contributed by atoms with Gasteiger partial charge in [0.15, 0.2) is 0 Å².